The number of benzene rings is 1. The van der Waals surface area contributed by atoms with Crippen LogP contribution in [0.25, 0.3) is 0 Å². The molecule has 0 N–H and O–H groups in total. The molecule has 1 aliphatic rings. The first-order chi connectivity index (χ1) is 11.7. The van der Waals surface area contributed by atoms with E-state index in [9.17, 15) is 26.7 Å². The van der Waals surface area contributed by atoms with Crippen LogP contribution in [0.3, 0.4) is 0 Å². The zero-order chi connectivity index (χ0) is 18.8. The van der Waals surface area contributed by atoms with Crippen molar-refractivity contribution < 1.29 is 31.4 Å². The van der Waals surface area contributed by atoms with Gasteiger partial charge in [-0.15, -0.1) is 0 Å². The fourth-order valence-electron chi connectivity index (χ4n) is 1.90. The molecule has 0 atom stereocenters. The van der Waals surface area contributed by atoms with Crippen LogP contribution in [0, 0.1) is 17.5 Å². The molecule has 0 bridgehead atoms. The zero-order valence-electron chi connectivity index (χ0n) is 12.6. The molecule has 0 saturated heterocycles. The Hall–Kier alpha value is -2.26. The molecule has 1 aromatic carbocycles. The Morgan fingerprint density at radius 1 is 1.24 bits per heavy atom. The van der Waals surface area contributed by atoms with Crippen LogP contribution in [0.5, 0.6) is 0 Å². The number of ether oxygens (including phenoxy) is 1. The third kappa shape index (κ3) is 3.88. The van der Waals surface area contributed by atoms with Gasteiger partial charge in [0.1, 0.15) is 16.7 Å². The predicted octanol–water partition coefficient (Wildman–Crippen LogP) is 2.62. The molecule has 0 heterocycles. The molecule has 0 radical (unpaired) electrons. The van der Waals surface area contributed by atoms with Gasteiger partial charge >= 0.3 is 0 Å². The standard InChI is InChI=1S/C15H11ClF3NO4S/c1-2-24-15(21)8-5-3-4-6-11(8)20-25(22,23)14-10(18)7-9(17)12(16)13(14)19/h3-7,21H,2H2,1H3/p-1. The van der Waals surface area contributed by atoms with E-state index in [1.54, 1.807) is 6.92 Å². The van der Waals surface area contributed by atoms with Crippen LogP contribution in [0.2, 0.25) is 5.02 Å². The summed E-state index contributed by atoms with van der Waals surface area (Å²) in [5.41, 5.74) is -0.609. The van der Waals surface area contributed by atoms with E-state index in [2.05, 4.69) is 4.40 Å². The van der Waals surface area contributed by atoms with Crippen molar-refractivity contribution in [2.45, 2.75) is 11.8 Å². The van der Waals surface area contributed by atoms with Crippen molar-refractivity contribution in [3.8, 4) is 0 Å². The van der Waals surface area contributed by atoms with Gasteiger partial charge < -0.3 is 9.84 Å². The van der Waals surface area contributed by atoms with Gasteiger partial charge in [-0.25, -0.2) is 13.2 Å². The van der Waals surface area contributed by atoms with Crippen LogP contribution < -0.4 is 5.11 Å². The van der Waals surface area contributed by atoms with Crippen molar-refractivity contribution in [2.75, 3.05) is 6.61 Å². The summed E-state index contributed by atoms with van der Waals surface area (Å²) in [6.45, 7) is 1.57. The molecule has 0 aliphatic heterocycles. The molecule has 0 fully saturated rings. The Bertz CT molecular complexity index is 937. The normalized spacial score (nSPS) is 17.9. The smallest absolute Gasteiger partial charge is 0.288 e. The highest BCUT2D eigenvalue weighted by atomic mass is 35.5. The van der Waals surface area contributed by atoms with Gasteiger partial charge in [0.15, 0.2) is 10.7 Å². The number of allylic oxidation sites excluding steroid dienone is 5. The molecule has 1 aromatic rings. The van der Waals surface area contributed by atoms with Gasteiger partial charge in [-0.05, 0) is 12.7 Å². The highest BCUT2D eigenvalue weighted by Gasteiger charge is 2.29. The molecule has 0 saturated carbocycles. The molecule has 5 nitrogen and oxygen atoms in total. The number of halogens is 4. The Labute approximate surface area is 146 Å². The lowest BCUT2D eigenvalue weighted by Crippen LogP contribution is -2.17. The Morgan fingerprint density at radius 2 is 1.88 bits per heavy atom. The molecule has 10 heteroatoms. The van der Waals surface area contributed by atoms with Gasteiger partial charge in [-0.3, -0.25) is 0 Å². The molecule has 2 rings (SSSR count). The number of hydrogen-bond donors (Lipinski definition) is 0. The van der Waals surface area contributed by atoms with Gasteiger partial charge in [0.05, 0.1) is 11.7 Å². The highest BCUT2D eigenvalue weighted by Crippen LogP contribution is 2.29. The number of hydrogen-bond acceptors (Lipinski definition) is 4. The van der Waals surface area contributed by atoms with Crippen molar-refractivity contribution in [3.63, 3.8) is 0 Å². The minimum absolute atomic E-state index is 0.0245. The second-order valence-electron chi connectivity index (χ2n) is 4.60. The SMILES string of the molecule is CCOC([O-])=C1C=CC=CC1=NS(=O)(=O)c1c(F)cc(F)c(Cl)c1F. The van der Waals surface area contributed by atoms with Crippen molar-refractivity contribution in [3.05, 3.63) is 64.4 Å². The molecule has 0 unspecified atom stereocenters. The predicted molar refractivity (Wildman–Crippen MR) is 82.9 cm³/mol. The third-order valence-corrected chi connectivity index (χ3v) is 4.62. The largest absolute Gasteiger partial charge is 0.613 e. The Kier molecular flexibility index (Phi) is 5.58. The van der Waals surface area contributed by atoms with Gasteiger partial charge in [0, 0.05) is 11.6 Å². The molecular weight excluding hydrogens is 383 g/mol. The third-order valence-electron chi connectivity index (χ3n) is 2.95. The Morgan fingerprint density at radius 3 is 2.52 bits per heavy atom. The van der Waals surface area contributed by atoms with Crippen molar-refractivity contribution in [2.24, 2.45) is 4.40 Å². The van der Waals surface area contributed by atoms with Crippen molar-refractivity contribution in [1.82, 2.24) is 0 Å². The molecule has 134 valence electrons. The molecule has 0 aromatic heterocycles. The first-order valence-corrected chi connectivity index (χ1v) is 8.58. The maximum Gasteiger partial charge on any atom is 0.288 e. The summed E-state index contributed by atoms with van der Waals surface area (Å²) >= 11 is 5.29. The Balaban J connectivity index is 2.64. The molecule has 0 spiro atoms. The van der Waals surface area contributed by atoms with Crippen molar-refractivity contribution in [1.29, 1.82) is 0 Å². The van der Waals surface area contributed by atoms with E-state index >= 15 is 0 Å². The quantitative estimate of drug-likeness (QED) is 0.448. The van der Waals surface area contributed by atoms with E-state index in [-0.39, 0.29) is 24.0 Å². The maximum atomic E-state index is 14.0. The summed E-state index contributed by atoms with van der Waals surface area (Å²) in [6.07, 6.45) is 5.16. The number of sulfonamides is 1. The summed E-state index contributed by atoms with van der Waals surface area (Å²) in [5, 5.41) is 10.6. The maximum absolute atomic E-state index is 14.0. The first kappa shape index (κ1) is 19.1. The van der Waals surface area contributed by atoms with Crippen molar-refractivity contribution >= 4 is 27.3 Å². The van der Waals surface area contributed by atoms with Crippen LogP contribution in [-0.4, -0.2) is 20.7 Å². The van der Waals surface area contributed by atoms with Gasteiger partial charge in [-0.2, -0.15) is 12.8 Å². The molecule has 1 aliphatic carbocycles. The molecule has 25 heavy (non-hydrogen) atoms. The average Bonchev–Trinajstić information content (AvgIpc) is 2.52. The lowest BCUT2D eigenvalue weighted by atomic mass is 10.1. The summed E-state index contributed by atoms with van der Waals surface area (Å²) in [7, 11) is -4.97. The van der Waals surface area contributed by atoms with Crippen LogP contribution >= 0.6 is 11.6 Å². The topological polar surface area (TPSA) is 78.8 Å². The van der Waals surface area contributed by atoms with Crippen LogP contribution in [-0.2, 0) is 14.8 Å². The van der Waals surface area contributed by atoms with E-state index in [0.717, 1.165) is 6.08 Å². The molecular formula is C15H10ClF3NO4S-. The summed E-state index contributed by atoms with van der Waals surface area (Å²) in [6, 6.07) is 0.130. The zero-order valence-corrected chi connectivity index (χ0v) is 14.2. The number of rotatable bonds is 4. The highest BCUT2D eigenvalue weighted by molar-refractivity contribution is 7.90. The average molecular weight is 393 g/mol. The van der Waals surface area contributed by atoms with Crippen LogP contribution in [0.1, 0.15) is 6.92 Å². The minimum atomic E-state index is -4.97. The van der Waals surface area contributed by atoms with Gasteiger partial charge in [0.25, 0.3) is 10.0 Å². The summed E-state index contributed by atoms with van der Waals surface area (Å²) in [4.78, 5) is -1.52. The summed E-state index contributed by atoms with van der Waals surface area (Å²) in [5.74, 6) is -5.83. The molecule has 0 amide bonds. The monoisotopic (exact) mass is 392 g/mol. The van der Waals surface area contributed by atoms with Gasteiger partial charge in [-0.1, -0.05) is 36.8 Å². The summed E-state index contributed by atoms with van der Waals surface area (Å²) < 4.78 is 73.5. The lowest BCUT2D eigenvalue weighted by molar-refractivity contribution is -0.357. The number of nitrogens with zero attached hydrogens (tertiary/aromatic N) is 1. The van der Waals surface area contributed by atoms with E-state index in [1.807, 2.05) is 0 Å². The van der Waals surface area contributed by atoms with Gasteiger partial charge in [0.2, 0.25) is 0 Å². The minimum Gasteiger partial charge on any atom is -0.613 e. The van der Waals surface area contributed by atoms with E-state index < -0.39 is 43.3 Å². The van der Waals surface area contributed by atoms with E-state index in [4.69, 9.17) is 16.3 Å². The second kappa shape index (κ2) is 7.32. The van der Waals surface area contributed by atoms with E-state index in [0.29, 0.717) is 0 Å². The fraction of sp³-hybridized carbons (Fsp3) is 0.133. The van der Waals surface area contributed by atoms with E-state index in [1.165, 1.54) is 18.2 Å². The lowest BCUT2D eigenvalue weighted by Gasteiger charge is -2.18. The van der Waals surface area contributed by atoms with Crippen LogP contribution in [0.15, 0.2) is 51.2 Å². The van der Waals surface area contributed by atoms with Crippen LogP contribution in [0.4, 0.5) is 13.2 Å². The fourth-order valence-corrected chi connectivity index (χ4v) is 3.24. The first-order valence-electron chi connectivity index (χ1n) is 6.76. The second-order valence-corrected chi connectivity index (χ2v) is 6.52.